The van der Waals surface area contributed by atoms with E-state index in [4.69, 9.17) is 28.9 Å². The molecule has 0 bridgehead atoms. The van der Waals surface area contributed by atoms with Crippen molar-refractivity contribution in [2.24, 2.45) is 5.73 Å². The van der Waals surface area contributed by atoms with Gasteiger partial charge in [-0.3, -0.25) is 4.79 Å². The Morgan fingerprint density at radius 2 is 1.92 bits per heavy atom. The van der Waals surface area contributed by atoms with E-state index in [9.17, 15) is 9.18 Å². The van der Waals surface area contributed by atoms with E-state index < -0.39 is 11.7 Å². The zero-order valence-corrected chi connectivity index (χ0v) is 14.9. The zero-order valence-electron chi connectivity index (χ0n) is 13.4. The third-order valence-corrected chi connectivity index (χ3v) is 4.96. The smallest absolute Gasteiger partial charge is 0.249 e. The maximum absolute atomic E-state index is 13.8. The molecule has 0 aliphatic carbocycles. The minimum Gasteiger partial charge on any atom is -0.366 e. The summed E-state index contributed by atoms with van der Waals surface area (Å²) < 4.78 is 15.8. The predicted molar refractivity (Wildman–Crippen MR) is 102 cm³/mol. The first-order valence-corrected chi connectivity index (χ1v) is 8.58. The Labute approximate surface area is 158 Å². The molecule has 0 fully saturated rings. The fourth-order valence-corrected chi connectivity index (χ4v) is 3.70. The number of primary amides is 1. The molecule has 3 nitrogen and oxygen atoms in total. The molecule has 0 saturated carbocycles. The molecule has 4 rings (SSSR count). The molecule has 1 aromatic heterocycles. The maximum Gasteiger partial charge on any atom is 0.249 e. The summed E-state index contributed by atoms with van der Waals surface area (Å²) in [5.74, 6) is -1.07. The van der Waals surface area contributed by atoms with Gasteiger partial charge in [0.2, 0.25) is 5.91 Å². The van der Waals surface area contributed by atoms with E-state index in [0.717, 1.165) is 16.6 Å². The Balaban J connectivity index is 2.04. The molecule has 0 aliphatic rings. The van der Waals surface area contributed by atoms with Gasteiger partial charge in [-0.05, 0) is 42.0 Å². The highest BCUT2D eigenvalue weighted by atomic mass is 35.5. The van der Waals surface area contributed by atoms with Crippen LogP contribution in [-0.4, -0.2) is 10.5 Å². The molecule has 0 saturated heterocycles. The molecule has 0 aliphatic heterocycles. The van der Waals surface area contributed by atoms with Crippen LogP contribution in [0.1, 0.15) is 15.9 Å². The minimum atomic E-state index is -0.572. The van der Waals surface area contributed by atoms with E-state index in [-0.39, 0.29) is 0 Å². The van der Waals surface area contributed by atoms with Crippen molar-refractivity contribution in [2.45, 2.75) is 6.54 Å². The largest absolute Gasteiger partial charge is 0.366 e. The summed E-state index contributed by atoms with van der Waals surface area (Å²) in [6.07, 6.45) is 0. The van der Waals surface area contributed by atoms with Gasteiger partial charge in [0.05, 0.1) is 11.0 Å². The molecule has 6 heteroatoms. The number of carbonyl (C=O) groups excluding carboxylic acids is 1. The van der Waals surface area contributed by atoms with Crippen LogP contribution in [-0.2, 0) is 6.54 Å². The highest BCUT2D eigenvalue weighted by molar-refractivity contribution is 6.35. The number of carbonyl (C=O) groups is 1. The van der Waals surface area contributed by atoms with E-state index in [1.54, 1.807) is 30.3 Å². The topological polar surface area (TPSA) is 48.0 Å². The second-order valence-corrected chi connectivity index (χ2v) is 6.80. The standard InChI is InChI=1S/C20H12Cl2FN2O/c21-12-5-4-11(16(22)8-12)10-25-17-7-6-13(23)9-15(17)19-14(20(24)26)2-1-3-18(19)25/h1-8H,10H2,(H2,24,26). The van der Waals surface area contributed by atoms with Gasteiger partial charge in [-0.25, -0.2) is 4.39 Å². The zero-order chi connectivity index (χ0) is 18.4. The molecule has 4 aromatic rings. The number of amides is 1. The van der Waals surface area contributed by atoms with Crippen LogP contribution in [0.5, 0.6) is 0 Å². The van der Waals surface area contributed by atoms with Crippen LogP contribution in [0, 0.1) is 11.9 Å². The molecular formula is C20H12Cl2FN2O. The maximum atomic E-state index is 13.8. The Bertz CT molecular complexity index is 1180. The minimum absolute atomic E-state index is 0.329. The summed E-state index contributed by atoms with van der Waals surface area (Å²) in [7, 11) is 0. The van der Waals surface area contributed by atoms with E-state index in [1.165, 1.54) is 6.07 Å². The normalized spacial score (nSPS) is 11.3. The van der Waals surface area contributed by atoms with Crippen molar-refractivity contribution in [2.75, 3.05) is 0 Å². The highest BCUT2D eigenvalue weighted by Gasteiger charge is 2.18. The fraction of sp³-hybridized carbons (Fsp3) is 0.0500. The lowest BCUT2D eigenvalue weighted by Gasteiger charge is -2.10. The Kier molecular flexibility index (Phi) is 4.10. The molecule has 3 aromatic carbocycles. The van der Waals surface area contributed by atoms with E-state index in [1.807, 2.05) is 16.7 Å². The molecule has 0 unspecified atom stereocenters. The van der Waals surface area contributed by atoms with Gasteiger partial charge in [-0.15, -0.1) is 0 Å². The number of rotatable bonds is 3. The van der Waals surface area contributed by atoms with Gasteiger partial charge in [0.25, 0.3) is 0 Å². The number of hydrogen-bond acceptors (Lipinski definition) is 1. The van der Waals surface area contributed by atoms with Crippen molar-refractivity contribution < 1.29 is 9.18 Å². The number of halogens is 3. The number of hydrogen-bond donors (Lipinski definition) is 1. The van der Waals surface area contributed by atoms with E-state index in [2.05, 4.69) is 6.07 Å². The molecule has 2 N–H and O–H groups in total. The van der Waals surface area contributed by atoms with Crippen molar-refractivity contribution in [1.82, 2.24) is 4.57 Å². The molecular weight excluding hydrogens is 374 g/mol. The third-order valence-electron chi connectivity index (χ3n) is 4.37. The summed E-state index contributed by atoms with van der Waals surface area (Å²) in [4.78, 5) is 11.9. The van der Waals surface area contributed by atoms with Gasteiger partial charge in [-0.2, -0.15) is 0 Å². The molecule has 26 heavy (non-hydrogen) atoms. The average Bonchev–Trinajstić information content (AvgIpc) is 2.90. The molecule has 1 heterocycles. The Morgan fingerprint density at radius 3 is 2.65 bits per heavy atom. The number of benzene rings is 3. The SMILES string of the molecule is NC(=O)c1cccc2c1c1[c]c(F)ccc1n2Cc1ccc(Cl)cc1Cl. The van der Waals surface area contributed by atoms with Gasteiger partial charge >= 0.3 is 0 Å². The van der Waals surface area contributed by atoms with Crippen LogP contribution in [0.3, 0.4) is 0 Å². The number of aromatic nitrogens is 1. The first-order valence-electron chi connectivity index (χ1n) is 7.82. The monoisotopic (exact) mass is 385 g/mol. The number of fused-ring (bicyclic) bond motifs is 3. The lowest BCUT2D eigenvalue weighted by Crippen LogP contribution is -2.11. The average molecular weight is 386 g/mol. The van der Waals surface area contributed by atoms with Crippen LogP contribution >= 0.6 is 23.2 Å². The van der Waals surface area contributed by atoms with Crippen molar-refractivity contribution in [3.8, 4) is 0 Å². The van der Waals surface area contributed by atoms with E-state index in [0.29, 0.717) is 32.9 Å². The third kappa shape index (κ3) is 2.71. The lowest BCUT2D eigenvalue weighted by molar-refractivity contribution is 0.100. The Morgan fingerprint density at radius 1 is 1.12 bits per heavy atom. The highest BCUT2D eigenvalue weighted by Crippen LogP contribution is 2.33. The van der Waals surface area contributed by atoms with E-state index >= 15 is 0 Å². The number of nitrogens with two attached hydrogens (primary N) is 1. The summed E-state index contributed by atoms with van der Waals surface area (Å²) in [5.41, 5.74) is 8.19. The second-order valence-electron chi connectivity index (χ2n) is 5.95. The van der Waals surface area contributed by atoms with Gasteiger partial charge in [0.1, 0.15) is 5.82 Å². The van der Waals surface area contributed by atoms with Crippen LogP contribution in [0.25, 0.3) is 21.8 Å². The molecule has 129 valence electrons. The van der Waals surface area contributed by atoms with Crippen molar-refractivity contribution in [3.63, 3.8) is 0 Å². The summed E-state index contributed by atoms with van der Waals surface area (Å²) >= 11 is 12.3. The lowest BCUT2D eigenvalue weighted by atomic mass is 10.1. The second kappa shape index (κ2) is 6.31. The summed E-state index contributed by atoms with van der Waals surface area (Å²) in [6.45, 7) is 0.428. The van der Waals surface area contributed by atoms with Crippen LogP contribution in [0.15, 0.2) is 48.5 Å². The molecule has 1 radical (unpaired) electrons. The van der Waals surface area contributed by atoms with Gasteiger partial charge < -0.3 is 10.3 Å². The van der Waals surface area contributed by atoms with Crippen molar-refractivity contribution in [1.29, 1.82) is 0 Å². The van der Waals surface area contributed by atoms with Crippen LogP contribution in [0.2, 0.25) is 10.0 Å². The van der Waals surface area contributed by atoms with Crippen LogP contribution < -0.4 is 5.73 Å². The van der Waals surface area contributed by atoms with Crippen LogP contribution in [0.4, 0.5) is 4.39 Å². The summed E-state index contributed by atoms with van der Waals surface area (Å²) in [5, 5.41) is 2.18. The first-order chi connectivity index (χ1) is 12.5. The Hall–Kier alpha value is -2.56. The number of nitrogens with zero attached hydrogens (tertiary/aromatic N) is 1. The van der Waals surface area contributed by atoms with Gasteiger partial charge in [-0.1, -0.05) is 35.3 Å². The van der Waals surface area contributed by atoms with Gasteiger partial charge in [0, 0.05) is 39.0 Å². The molecule has 1 amide bonds. The summed E-state index contributed by atoms with van der Waals surface area (Å²) in [6, 6.07) is 16.2. The quantitative estimate of drug-likeness (QED) is 0.518. The first kappa shape index (κ1) is 16.9. The molecule has 0 atom stereocenters. The van der Waals surface area contributed by atoms with Gasteiger partial charge in [0.15, 0.2) is 0 Å². The fourth-order valence-electron chi connectivity index (χ4n) is 3.23. The van der Waals surface area contributed by atoms with Crippen molar-refractivity contribution >= 4 is 50.9 Å². The van der Waals surface area contributed by atoms with Crippen molar-refractivity contribution in [3.05, 3.63) is 81.6 Å². The predicted octanol–water partition coefficient (Wildman–Crippen LogP) is 5.19. The molecule has 0 spiro atoms.